The maximum Gasteiger partial charge on any atom is 0.317 e. The summed E-state index contributed by atoms with van der Waals surface area (Å²) in [7, 11) is 1.55. The summed E-state index contributed by atoms with van der Waals surface area (Å²) in [6.45, 7) is 2.12. The van der Waals surface area contributed by atoms with E-state index in [9.17, 15) is 9.59 Å². The van der Waals surface area contributed by atoms with E-state index >= 15 is 0 Å². The fraction of sp³-hybridized carbons (Fsp3) is 0.500. The Morgan fingerprint density at radius 3 is 2.79 bits per heavy atom. The lowest BCUT2D eigenvalue weighted by atomic mass is 9.97. The lowest BCUT2D eigenvalue weighted by Gasteiger charge is -2.31. The Hall–Kier alpha value is -2.94. The number of hydrogen-bond acceptors (Lipinski definition) is 6. The van der Waals surface area contributed by atoms with E-state index in [2.05, 4.69) is 26.7 Å². The highest BCUT2D eigenvalue weighted by molar-refractivity contribution is 7.10. The van der Waals surface area contributed by atoms with Crippen LogP contribution in [-0.2, 0) is 0 Å². The number of likely N-dealkylation sites (tertiary alicyclic amines) is 1. The summed E-state index contributed by atoms with van der Waals surface area (Å²) in [6.07, 6.45) is 11.5. The number of aromatic nitrogens is 2. The molecule has 0 unspecified atom stereocenters. The molecular weight excluding hydrogens is 438 g/mol. The summed E-state index contributed by atoms with van der Waals surface area (Å²) >= 11 is 1.51. The van der Waals surface area contributed by atoms with Gasteiger partial charge < -0.3 is 20.3 Å². The van der Waals surface area contributed by atoms with Gasteiger partial charge in [-0.15, -0.1) is 11.3 Å². The molecule has 33 heavy (non-hydrogen) atoms. The van der Waals surface area contributed by atoms with E-state index in [1.165, 1.54) is 42.6 Å². The number of hydrogen-bond donors (Lipinski definition) is 2. The van der Waals surface area contributed by atoms with Crippen molar-refractivity contribution in [1.29, 1.82) is 0 Å². The first-order valence-electron chi connectivity index (χ1n) is 11.6. The molecule has 3 amide bonds. The van der Waals surface area contributed by atoms with Gasteiger partial charge in [-0.2, -0.15) is 0 Å². The van der Waals surface area contributed by atoms with Crippen molar-refractivity contribution in [1.82, 2.24) is 20.2 Å². The SMILES string of the molecule is COc1ccc(NC(=O)c2csc(C3CCN(C(=O)NCCC4=CCCCC4)CC3)n2)cn1. The smallest absolute Gasteiger partial charge is 0.317 e. The van der Waals surface area contributed by atoms with E-state index < -0.39 is 0 Å². The highest BCUT2D eigenvalue weighted by Gasteiger charge is 2.26. The molecule has 0 spiro atoms. The van der Waals surface area contributed by atoms with Gasteiger partial charge >= 0.3 is 6.03 Å². The van der Waals surface area contributed by atoms with Gasteiger partial charge in [-0.25, -0.2) is 14.8 Å². The van der Waals surface area contributed by atoms with E-state index in [1.807, 2.05) is 4.90 Å². The Kier molecular flexibility index (Phi) is 7.93. The number of urea groups is 1. The summed E-state index contributed by atoms with van der Waals surface area (Å²) in [5.74, 6) is 0.510. The van der Waals surface area contributed by atoms with E-state index in [0.717, 1.165) is 24.3 Å². The van der Waals surface area contributed by atoms with Crippen LogP contribution in [0.4, 0.5) is 10.5 Å². The third-order valence-electron chi connectivity index (χ3n) is 6.20. The number of pyridine rings is 1. The largest absolute Gasteiger partial charge is 0.481 e. The predicted octanol–water partition coefficient (Wildman–Crippen LogP) is 4.58. The Balaban J connectivity index is 1.22. The second kappa shape index (κ2) is 11.3. The van der Waals surface area contributed by atoms with Crippen molar-refractivity contribution in [2.24, 2.45) is 0 Å². The number of rotatable bonds is 7. The molecule has 0 radical (unpaired) electrons. The topological polar surface area (TPSA) is 96.5 Å². The van der Waals surface area contributed by atoms with Crippen molar-refractivity contribution < 1.29 is 14.3 Å². The highest BCUT2D eigenvalue weighted by atomic mass is 32.1. The van der Waals surface area contributed by atoms with Crippen molar-refractivity contribution in [3.63, 3.8) is 0 Å². The first-order valence-corrected chi connectivity index (χ1v) is 12.5. The number of nitrogens with zero attached hydrogens (tertiary/aromatic N) is 3. The fourth-order valence-corrected chi connectivity index (χ4v) is 5.22. The van der Waals surface area contributed by atoms with Gasteiger partial charge in [-0.05, 0) is 51.0 Å². The van der Waals surface area contributed by atoms with Crippen LogP contribution < -0.4 is 15.4 Å². The quantitative estimate of drug-likeness (QED) is 0.579. The Morgan fingerprint density at radius 2 is 2.09 bits per heavy atom. The van der Waals surface area contributed by atoms with E-state index in [1.54, 1.807) is 30.8 Å². The molecule has 2 aromatic rings. The van der Waals surface area contributed by atoms with Crippen molar-refractivity contribution in [3.05, 3.63) is 46.1 Å². The van der Waals surface area contributed by atoms with E-state index in [4.69, 9.17) is 4.74 Å². The molecule has 0 saturated carbocycles. The van der Waals surface area contributed by atoms with Gasteiger partial charge in [0.1, 0.15) is 5.69 Å². The second-order valence-corrected chi connectivity index (χ2v) is 9.36. The molecule has 1 saturated heterocycles. The van der Waals surface area contributed by atoms with Crippen molar-refractivity contribution in [2.45, 2.75) is 50.9 Å². The highest BCUT2D eigenvalue weighted by Crippen LogP contribution is 2.30. The average Bonchev–Trinajstić information content (AvgIpc) is 3.36. The molecule has 176 valence electrons. The molecule has 1 fully saturated rings. The lowest BCUT2D eigenvalue weighted by molar-refractivity contribution is 0.102. The van der Waals surface area contributed by atoms with Crippen molar-refractivity contribution in [2.75, 3.05) is 32.1 Å². The van der Waals surface area contributed by atoms with Gasteiger partial charge in [0, 0.05) is 37.0 Å². The van der Waals surface area contributed by atoms with Gasteiger partial charge in [0.25, 0.3) is 5.91 Å². The summed E-state index contributed by atoms with van der Waals surface area (Å²) in [5, 5.41) is 8.63. The number of amides is 3. The van der Waals surface area contributed by atoms with Crippen LogP contribution in [0.2, 0.25) is 0 Å². The zero-order valence-corrected chi connectivity index (χ0v) is 19.8. The van der Waals surface area contributed by atoms with E-state index in [0.29, 0.717) is 36.9 Å². The van der Waals surface area contributed by atoms with Crippen LogP contribution in [0.25, 0.3) is 0 Å². The van der Waals surface area contributed by atoms with Crippen LogP contribution in [0.15, 0.2) is 35.4 Å². The maximum atomic E-state index is 12.5. The first-order chi connectivity index (χ1) is 16.1. The van der Waals surface area contributed by atoms with Gasteiger partial charge in [0.2, 0.25) is 5.88 Å². The summed E-state index contributed by atoms with van der Waals surface area (Å²) in [5.41, 5.74) is 2.48. The zero-order valence-electron chi connectivity index (χ0n) is 19.0. The molecule has 2 aliphatic rings. The van der Waals surface area contributed by atoms with Gasteiger partial charge in [-0.1, -0.05) is 11.6 Å². The number of ether oxygens (including phenoxy) is 1. The van der Waals surface area contributed by atoms with Crippen molar-refractivity contribution in [3.8, 4) is 5.88 Å². The normalized spacial score (nSPS) is 16.8. The molecule has 9 heteroatoms. The number of carbonyl (C=O) groups is 2. The number of anilines is 1. The lowest BCUT2D eigenvalue weighted by Crippen LogP contribution is -2.44. The molecule has 3 heterocycles. The number of carbonyl (C=O) groups excluding carboxylic acids is 2. The zero-order chi connectivity index (χ0) is 23.0. The minimum Gasteiger partial charge on any atom is -0.481 e. The molecule has 4 rings (SSSR count). The van der Waals surface area contributed by atoms with Crippen LogP contribution in [0.1, 0.15) is 66.4 Å². The van der Waals surface area contributed by atoms with Gasteiger partial charge in [0.05, 0.1) is 24.0 Å². The summed E-state index contributed by atoms with van der Waals surface area (Å²) in [4.78, 5) is 35.6. The van der Waals surface area contributed by atoms with Crippen LogP contribution in [0.5, 0.6) is 5.88 Å². The molecule has 1 aliphatic carbocycles. The molecule has 8 nitrogen and oxygen atoms in total. The Labute approximate surface area is 198 Å². The predicted molar refractivity (Wildman–Crippen MR) is 129 cm³/mol. The molecule has 2 N–H and O–H groups in total. The molecule has 0 bridgehead atoms. The third kappa shape index (κ3) is 6.31. The summed E-state index contributed by atoms with van der Waals surface area (Å²) < 4.78 is 5.03. The molecule has 2 aromatic heterocycles. The molecule has 0 atom stereocenters. The maximum absolute atomic E-state index is 12.5. The third-order valence-corrected chi connectivity index (χ3v) is 7.20. The fourth-order valence-electron chi connectivity index (χ4n) is 4.25. The van der Waals surface area contributed by atoms with Crippen LogP contribution in [0, 0.1) is 0 Å². The molecule has 0 aromatic carbocycles. The number of methoxy groups -OCH3 is 1. The standard InChI is InChI=1S/C24H31N5O3S/c1-32-21-8-7-19(15-26-21)27-22(30)20-16-33-23(28-20)18-10-13-29(14-11-18)24(31)25-12-9-17-5-3-2-4-6-17/h5,7-8,15-16,18H,2-4,6,9-14H2,1H3,(H,25,31)(H,27,30). The van der Waals surface area contributed by atoms with E-state index in [-0.39, 0.29) is 17.9 Å². The monoisotopic (exact) mass is 469 g/mol. The van der Waals surface area contributed by atoms with Crippen LogP contribution >= 0.6 is 11.3 Å². The second-order valence-electron chi connectivity index (χ2n) is 8.47. The van der Waals surface area contributed by atoms with Crippen molar-refractivity contribution >= 4 is 29.0 Å². The minimum absolute atomic E-state index is 0.0252. The first kappa shape index (κ1) is 23.2. The molecule has 1 aliphatic heterocycles. The average molecular weight is 470 g/mol. The Morgan fingerprint density at radius 1 is 1.24 bits per heavy atom. The number of nitrogens with one attached hydrogen (secondary N) is 2. The Bertz CT molecular complexity index is 980. The number of allylic oxidation sites excluding steroid dienone is 1. The number of piperidine rings is 1. The summed E-state index contributed by atoms with van der Waals surface area (Å²) in [6, 6.07) is 3.46. The van der Waals surface area contributed by atoms with Crippen LogP contribution in [0.3, 0.4) is 0 Å². The number of thiazole rings is 1. The van der Waals surface area contributed by atoms with Gasteiger partial charge in [0.15, 0.2) is 0 Å². The van der Waals surface area contributed by atoms with Crippen LogP contribution in [-0.4, -0.2) is 53.6 Å². The minimum atomic E-state index is -0.255. The molecular formula is C24H31N5O3S. The van der Waals surface area contributed by atoms with Gasteiger partial charge in [-0.3, -0.25) is 4.79 Å².